The van der Waals surface area contributed by atoms with E-state index in [4.69, 9.17) is 4.74 Å². The topological polar surface area (TPSA) is 26.3 Å². The van der Waals surface area contributed by atoms with Crippen LogP contribution in [0.3, 0.4) is 0 Å². The molecule has 0 radical (unpaired) electrons. The Labute approximate surface area is 161 Å². The van der Waals surface area contributed by atoms with Gasteiger partial charge in [-0.25, -0.2) is 13.2 Å². The Morgan fingerprint density at radius 1 is 0.852 bits per heavy atom. The highest BCUT2D eigenvalue weighted by Crippen LogP contribution is 2.42. The summed E-state index contributed by atoms with van der Waals surface area (Å²) in [6, 6.07) is 0. The number of carbonyl (C=O) groups excluding carboxylic acids is 1. The summed E-state index contributed by atoms with van der Waals surface area (Å²) in [5.74, 6) is 1.94. The molecule has 0 N–H and O–H groups in total. The largest absolute Gasteiger partial charge is 0.462 e. The van der Waals surface area contributed by atoms with Crippen LogP contribution in [0.4, 0.5) is 13.2 Å². The van der Waals surface area contributed by atoms with Crippen molar-refractivity contribution >= 4 is 5.97 Å². The van der Waals surface area contributed by atoms with E-state index in [0.717, 1.165) is 37.5 Å². The number of halogens is 3. The molecule has 2 unspecified atom stereocenters. The van der Waals surface area contributed by atoms with E-state index in [1.807, 2.05) is 0 Å². The molecule has 0 bridgehead atoms. The number of rotatable bonds is 5. The SMILES string of the molecule is CCCC1CCC(C2CCC(C(=O)OC3CC(F)C(F)C(F)C3)CC2)CC1. The lowest BCUT2D eigenvalue weighted by molar-refractivity contribution is -0.161. The molecule has 3 aliphatic carbocycles. The van der Waals surface area contributed by atoms with Crippen LogP contribution in [0.15, 0.2) is 0 Å². The summed E-state index contributed by atoms with van der Waals surface area (Å²) >= 11 is 0. The molecule has 3 fully saturated rings. The maximum Gasteiger partial charge on any atom is 0.309 e. The first-order valence-electron chi connectivity index (χ1n) is 11.1. The summed E-state index contributed by atoms with van der Waals surface area (Å²) in [5, 5.41) is 0. The average molecular weight is 389 g/mol. The lowest BCUT2D eigenvalue weighted by atomic mass is 9.69. The second-order valence-electron chi connectivity index (χ2n) is 9.19. The molecule has 0 heterocycles. The molecule has 3 rings (SSSR count). The fourth-order valence-electron chi connectivity index (χ4n) is 5.62. The third kappa shape index (κ3) is 5.41. The highest BCUT2D eigenvalue weighted by atomic mass is 19.2. The van der Waals surface area contributed by atoms with Gasteiger partial charge in [-0.2, -0.15) is 0 Å². The quantitative estimate of drug-likeness (QED) is 0.530. The molecule has 2 atom stereocenters. The normalized spacial score (nSPS) is 43.3. The van der Waals surface area contributed by atoms with Gasteiger partial charge in [0.25, 0.3) is 0 Å². The third-order valence-electron chi connectivity index (χ3n) is 7.31. The highest BCUT2D eigenvalue weighted by molar-refractivity contribution is 5.72. The van der Waals surface area contributed by atoms with Crippen LogP contribution in [0.5, 0.6) is 0 Å². The van der Waals surface area contributed by atoms with E-state index in [1.165, 1.54) is 38.5 Å². The molecule has 0 aromatic heterocycles. The predicted octanol–water partition coefficient (Wildman–Crippen LogP) is 6.12. The van der Waals surface area contributed by atoms with Gasteiger partial charge in [-0.05, 0) is 56.3 Å². The van der Waals surface area contributed by atoms with Gasteiger partial charge in [-0.1, -0.05) is 32.6 Å². The lowest BCUT2D eigenvalue weighted by Gasteiger charge is -2.38. The van der Waals surface area contributed by atoms with Crippen LogP contribution < -0.4 is 0 Å². The van der Waals surface area contributed by atoms with Gasteiger partial charge in [-0.15, -0.1) is 0 Å². The summed E-state index contributed by atoms with van der Waals surface area (Å²) in [5.41, 5.74) is 0. The fraction of sp³-hybridized carbons (Fsp3) is 0.955. The van der Waals surface area contributed by atoms with Crippen LogP contribution in [-0.2, 0) is 9.53 Å². The molecule has 0 amide bonds. The minimum atomic E-state index is -2.08. The van der Waals surface area contributed by atoms with Crippen LogP contribution in [0.25, 0.3) is 0 Å². The zero-order valence-corrected chi connectivity index (χ0v) is 16.6. The van der Waals surface area contributed by atoms with Crippen molar-refractivity contribution in [2.75, 3.05) is 0 Å². The predicted molar refractivity (Wildman–Crippen MR) is 99.6 cm³/mol. The zero-order valence-electron chi connectivity index (χ0n) is 16.6. The van der Waals surface area contributed by atoms with Crippen molar-refractivity contribution in [3.63, 3.8) is 0 Å². The zero-order chi connectivity index (χ0) is 19.4. The van der Waals surface area contributed by atoms with E-state index < -0.39 is 24.6 Å². The second kappa shape index (κ2) is 9.65. The fourth-order valence-corrected chi connectivity index (χ4v) is 5.62. The minimum absolute atomic E-state index is 0.156. The summed E-state index contributed by atoms with van der Waals surface area (Å²) in [4.78, 5) is 12.4. The van der Waals surface area contributed by atoms with Crippen LogP contribution in [-0.4, -0.2) is 30.6 Å². The Kier molecular flexibility index (Phi) is 7.49. The van der Waals surface area contributed by atoms with Crippen molar-refractivity contribution < 1.29 is 22.7 Å². The van der Waals surface area contributed by atoms with Crippen LogP contribution in [0, 0.1) is 23.7 Å². The summed E-state index contributed by atoms with van der Waals surface area (Å²) in [6.45, 7) is 2.26. The van der Waals surface area contributed by atoms with Gasteiger partial charge in [0.1, 0.15) is 18.4 Å². The van der Waals surface area contributed by atoms with E-state index in [1.54, 1.807) is 0 Å². The standard InChI is InChI=1S/C22H35F3O2/c1-2-3-14-4-6-15(7-5-14)16-8-10-17(11-9-16)22(26)27-18-12-19(23)21(25)20(24)13-18/h14-21H,2-13H2,1H3. The summed E-state index contributed by atoms with van der Waals surface area (Å²) in [7, 11) is 0. The molecule has 0 saturated heterocycles. The van der Waals surface area contributed by atoms with Gasteiger partial charge in [0, 0.05) is 12.8 Å². The number of carbonyl (C=O) groups is 1. The van der Waals surface area contributed by atoms with E-state index in [-0.39, 0.29) is 24.7 Å². The Balaban J connectivity index is 1.39. The molecular formula is C22H35F3O2. The van der Waals surface area contributed by atoms with Crippen LogP contribution in [0.2, 0.25) is 0 Å². The molecule has 0 spiro atoms. The van der Waals surface area contributed by atoms with Crippen molar-refractivity contribution in [3.8, 4) is 0 Å². The van der Waals surface area contributed by atoms with E-state index in [0.29, 0.717) is 5.92 Å². The van der Waals surface area contributed by atoms with Crippen molar-refractivity contribution in [1.29, 1.82) is 0 Å². The Morgan fingerprint density at radius 3 is 1.89 bits per heavy atom. The molecule has 0 aromatic carbocycles. The lowest BCUT2D eigenvalue weighted by Crippen LogP contribution is -2.42. The van der Waals surface area contributed by atoms with Crippen molar-refractivity contribution in [2.24, 2.45) is 23.7 Å². The van der Waals surface area contributed by atoms with E-state index in [9.17, 15) is 18.0 Å². The monoisotopic (exact) mass is 388 g/mol. The van der Waals surface area contributed by atoms with Crippen LogP contribution >= 0.6 is 0 Å². The van der Waals surface area contributed by atoms with E-state index in [2.05, 4.69) is 6.92 Å². The first kappa shape index (κ1) is 21.0. The Morgan fingerprint density at radius 2 is 1.37 bits per heavy atom. The van der Waals surface area contributed by atoms with Crippen molar-refractivity contribution in [1.82, 2.24) is 0 Å². The molecule has 0 aliphatic heterocycles. The van der Waals surface area contributed by atoms with Gasteiger partial charge in [0.2, 0.25) is 0 Å². The van der Waals surface area contributed by atoms with Crippen LogP contribution in [0.1, 0.15) is 84.0 Å². The number of esters is 1. The van der Waals surface area contributed by atoms with E-state index >= 15 is 0 Å². The molecule has 27 heavy (non-hydrogen) atoms. The Hall–Kier alpha value is -0.740. The molecule has 3 saturated carbocycles. The smallest absolute Gasteiger partial charge is 0.309 e. The van der Waals surface area contributed by atoms with Gasteiger partial charge in [0.15, 0.2) is 6.17 Å². The molecule has 0 aromatic rings. The summed E-state index contributed by atoms with van der Waals surface area (Å²) in [6.07, 6.45) is 4.65. The molecule has 2 nitrogen and oxygen atoms in total. The maximum atomic E-state index is 13.5. The van der Waals surface area contributed by atoms with Gasteiger partial charge in [-0.3, -0.25) is 4.79 Å². The average Bonchev–Trinajstić information content (AvgIpc) is 2.67. The first-order chi connectivity index (χ1) is 13.0. The third-order valence-corrected chi connectivity index (χ3v) is 7.31. The molecular weight excluding hydrogens is 353 g/mol. The number of alkyl halides is 3. The van der Waals surface area contributed by atoms with Gasteiger partial charge < -0.3 is 4.74 Å². The number of hydrogen-bond acceptors (Lipinski definition) is 2. The van der Waals surface area contributed by atoms with Crippen molar-refractivity contribution in [3.05, 3.63) is 0 Å². The highest BCUT2D eigenvalue weighted by Gasteiger charge is 2.41. The number of ether oxygens (including phenoxy) is 1. The maximum absolute atomic E-state index is 13.5. The molecule has 156 valence electrons. The summed E-state index contributed by atoms with van der Waals surface area (Å²) < 4.78 is 45.6. The minimum Gasteiger partial charge on any atom is -0.462 e. The molecule has 3 aliphatic rings. The van der Waals surface area contributed by atoms with Gasteiger partial charge >= 0.3 is 5.97 Å². The first-order valence-corrected chi connectivity index (χ1v) is 11.1. The molecule has 5 heteroatoms. The van der Waals surface area contributed by atoms with Gasteiger partial charge in [0.05, 0.1) is 5.92 Å². The number of hydrogen-bond donors (Lipinski definition) is 0. The van der Waals surface area contributed by atoms with Crippen molar-refractivity contribution in [2.45, 2.75) is 109 Å². The second-order valence-corrected chi connectivity index (χ2v) is 9.19. The Bertz CT molecular complexity index is 458.